The Morgan fingerprint density at radius 3 is 2.28 bits per heavy atom. The largest absolute Gasteiger partial charge is 0.481 e. The lowest BCUT2D eigenvalue weighted by atomic mass is 9.74. The predicted octanol–water partition coefficient (Wildman–Crippen LogP) is 4.44. The zero-order valence-electron chi connectivity index (χ0n) is 10.6. The average Bonchev–Trinajstić information content (AvgIpc) is 2.34. The second kappa shape index (κ2) is 5.87. The first-order valence-corrected chi connectivity index (χ1v) is 7.35. The molecular weight excluding hydrogens is 292 g/mol. The first-order valence-electron chi connectivity index (χ1n) is 6.56. The zero-order chi connectivity index (χ0) is 13.1. The van der Waals surface area contributed by atoms with Gasteiger partial charge in [0.15, 0.2) is 0 Å². The van der Waals surface area contributed by atoms with Crippen LogP contribution in [0.1, 0.15) is 44.1 Å². The third-order valence-corrected chi connectivity index (χ3v) is 4.56. The highest BCUT2D eigenvalue weighted by atomic mass is 79.9. The third kappa shape index (κ3) is 3.14. The minimum absolute atomic E-state index is 0.292. The third-order valence-electron chi connectivity index (χ3n) is 4.03. The van der Waals surface area contributed by atoms with E-state index < -0.39 is 5.97 Å². The number of benzene rings is 1. The van der Waals surface area contributed by atoms with E-state index >= 15 is 0 Å². The van der Waals surface area contributed by atoms with Crippen LogP contribution in [0.5, 0.6) is 0 Å². The molecule has 1 aliphatic carbocycles. The van der Waals surface area contributed by atoms with Crippen molar-refractivity contribution in [1.29, 1.82) is 0 Å². The van der Waals surface area contributed by atoms with Gasteiger partial charge >= 0.3 is 5.97 Å². The van der Waals surface area contributed by atoms with Crippen molar-refractivity contribution in [2.45, 2.75) is 38.5 Å². The molecule has 1 aromatic rings. The molecule has 2 rings (SSSR count). The molecule has 0 heterocycles. The van der Waals surface area contributed by atoms with Gasteiger partial charge in [0.25, 0.3) is 0 Å². The molecule has 0 amide bonds. The van der Waals surface area contributed by atoms with E-state index in [0.29, 0.717) is 5.92 Å². The molecule has 1 unspecified atom stereocenters. The summed E-state index contributed by atoms with van der Waals surface area (Å²) < 4.78 is 0.993. The van der Waals surface area contributed by atoms with Gasteiger partial charge in [0.2, 0.25) is 0 Å². The molecule has 0 aliphatic heterocycles. The Morgan fingerprint density at radius 2 is 1.78 bits per heavy atom. The Hall–Kier alpha value is -0.830. The Balaban J connectivity index is 2.18. The van der Waals surface area contributed by atoms with E-state index in [1.54, 1.807) is 0 Å². The number of aliphatic carboxylic acids is 1. The summed E-state index contributed by atoms with van der Waals surface area (Å²) in [6, 6.07) is 7.72. The summed E-state index contributed by atoms with van der Waals surface area (Å²) in [6.07, 6.45) is 4.39. The number of hydrogen-bond acceptors (Lipinski definition) is 1. The summed E-state index contributed by atoms with van der Waals surface area (Å²) in [5, 5.41) is 9.50. The van der Waals surface area contributed by atoms with Crippen LogP contribution in [0.3, 0.4) is 0 Å². The number of carbonyl (C=O) groups is 1. The molecule has 0 aromatic heterocycles. The predicted molar refractivity (Wildman–Crippen MR) is 75.6 cm³/mol. The SMILES string of the molecule is CC1CCC(C(C(=O)O)c2ccc(Br)cc2)CC1. The van der Waals surface area contributed by atoms with E-state index in [2.05, 4.69) is 22.9 Å². The summed E-state index contributed by atoms with van der Waals surface area (Å²) in [4.78, 5) is 11.6. The molecule has 1 atom stereocenters. The van der Waals surface area contributed by atoms with Gasteiger partial charge in [0.05, 0.1) is 5.92 Å². The lowest BCUT2D eigenvalue weighted by molar-refractivity contribution is -0.140. The molecule has 0 spiro atoms. The fraction of sp³-hybridized carbons (Fsp3) is 0.533. The van der Waals surface area contributed by atoms with Gasteiger partial charge in [-0.3, -0.25) is 4.79 Å². The van der Waals surface area contributed by atoms with E-state index in [4.69, 9.17) is 0 Å². The van der Waals surface area contributed by atoms with Gasteiger partial charge in [-0.15, -0.1) is 0 Å². The van der Waals surface area contributed by atoms with Crippen molar-refractivity contribution in [1.82, 2.24) is 0 Å². The highest BCUT2D eigenvalue weighted by molar-refractivity contribution is 9.10. The normalized spacial score (nSPS) is 25.7. The molecule has 18 heavy (non-hydrogen) atoms. The van der Waals surface area contributed by atoms with Crippen LogP contribution in [0.2, 0.25) is 0 Å². The smallest absolute Gasteiger partial charge is 0.311 e. The molecule has 3 heteroatoms. The quantitative estimate of drug-likeness (QED) is 0.896. The molecule has 0 radical (unpaired) electrons. The van der Waals surface area contributed by atoms with E-state index in [-0.39, 0.29) is 5.92 Å². The Labute approximate surface area is 117 Å². The van der Waals surface area contributed by atoms with Crippen LogP contribution >= 0.6 is 15.9 Å². The van der Waals surface area contributed by atoms with Gasteiger partial charge in [0.1, 0.15) is 0 Å². The van der Waals surface area contributed by atoms with E-state index in [1.807, 2.05) is 24.3 Å². The van der Waals surface area contributed by atoms with Crippen LogP contribution in [0.15, 0.2) is 28.7 Å². The molecule has 0 bridgehead atoms. The van der Waals surface area contributed by atoms with Crippen LogP contribution in [-0.4, -0.2) is 11.1 Å². The lowest BCUT2D eigenvalue weighted by Crippen LogP contribution is -2.25. The number of hydrogen-bond donors (Lipinski definition) is 1. The Kier molecular flexibility index (Phi) is 4.44. The number of halogens is 1. The Morgan fingerprint density at radius 1 is 1.22 bits per heavy atom. The number of carboxylic acids is 1. The van der Waals surface area contributed by atoms with E-state index in [1.165, 1.54) is 0 Å². The van der Waals surface area contributed by atoms with Crippen molar-refractivity contribution in [2.75, 3.05) is 0 Å². The second-order valence-electron chi connectivity index (χ2n) is 5.39. The molecule has 1 saturated carbocycles. The zero-order valence-corrected chi connectivity index (χ0v) is 12.2. The fourth-order valence-electron chi connectivity index (χ4n) is 2.91. The first-order chi connectivity index (χ1) is 8.58. The Bertz CT molecular complexity index is 405. The van der Waals surface area contributed by atoms with Gasteiger partial charge < -0.3 is 5.11 Å². The maximum atomic E-state index is 11.6. The highest BCUT2D eigenvalue weighted by Crippen LogP contribution is 2.38. The molecule has 2 nitrogen and oxygen atoms in total. The van der Waals surface area contributed by atoms with Crippen molar-refractivity contribution in [3.8, 4) is 0 Å². The molecule has 0 saturated heterocycles. The van der Waals surface area contributed by atoms with Gasteiger partial charge in [-0.2, -0.15) is 0 Å². The van der Waals surface area contributed by atoms with Crippen LogP contribution in [-0.2, 0) is 4.79 Å². The highest BCUT2D eigenvalue weighted by Gasteiger charge is 2.32. The maximum Gasteiger partial charge on any atom is 0.311 e. The number of rotatable bonds is 3. The summed E-state index contributed by atoms with van der Waals surface area (Å²) in [7, 11) is 0. The molecule has 1 N–H and O–H groups in total. The van der Waals surface area contributed by atoms with Crippen molar-refractivity contribution in [3.05, 3.63) is 34.3 Å². The van der Waals surface area contributed by atoms with Crippen molar-refractivity contribution in [2.24, 2.45) is 11.8 Å². The molecule has 1 fully saturated rings. The first kappa shape index (κ1) is 13.6. The minimum Gasteiger partial charge on any atom is -0.481 e. The molecule has 1 aliphatic rings. The average molecular weight is 311 g/mol. The fourth-order valence-corrected chi connectivity index (χ4v) is 3.17. The summed E-state index contributed by atoms with van der Waals surface area (Å²) in [5.74, 6) is 0.0166. The molecule has 1 aromatic carbocycles. The lowest BCUT2D eigenvalue weighted by Gasteiger charge is -2.30. The van der Waals surface area contributed by atoms with Gasteiger partial charge in [0, 0.05) is 4.47 Å². The van der Waals surface area contributed by atoms with Crippen LogP contribution in [0, 0.1) is 11.8 Å². The van der Waals surface area contributed by atoms with Crippen molar-refractivity contribution >= 4 is 21.9 Å². The minimum atomic E-state index is -0.683. The monoisotopic (exact) mass is 310 g/mol. The van der Waals surface area contributed by atoms with Crippen LogP contribution in [0.25, 0.3) is 0 Å². The summed E-state index contributed by atoms with van der Waals surface area (Å²) >= 11 is 3.39. The van der Waals surface area contributed by atoms with Crippen LogP contribution in [0.4, 0.5) is 0 Å². The summed E-state index contributed by atoms with van der Waals surface area (Å²) in [5.41, 5.74) is 0.935. The number of carboxylic acid groups (broad SMARTS) is 1. The second-order valence-corrected chi connectivity index (χ2v) is 6.30. The maximum absolute atomic E-state index is 11.6. The van der Waals surface area contributed by atoms with Crippen molar-refractivity contribution in [3.63, 3.8) is 0 Å². The molecular formula is C15H19BrO2. The van der Waals surface area contributed by atoms with E-state index in [9.17, 15) is 9.90 Å². The topological polar surface area (TPSA) is 37.3 Å². The van der Waals surface area contributed by atoms with Gasteiger partial charge in [-0.1, -0.05) is 47.8 Å². The van der Waals surface area contributed by atoms with E-state index in [0.717, 1.165) is 41.6 Å². The van der Waals surface area contributed by atoms with Crippen LogP contribution < -0.4 is 0 Å². The summed E-state index contributed by atoms with van der Waals surface area (Å²) in [6.45, 7) is 2.26. The van der Waals surface area contributed by atoms with Gasteiger partial charge in [-0.05, 0) is 42.4 Å². The van der Waals surface area contributed by atoms with Gasteiger partial charge in [-0.25, -0.2) is 0 Å². The standard InChI is InChI=1S/C15H19BrO2/c1-10-2-4-11(5-3-10)14(15(17)18)12-6-8-13(16)9-7-12/h6-11,14H,2-5H2,1H3,(H,17,18). The van der Waals surface area contributed by atoms with Crippen molar-refractivity contribution < 1.29 is 9.90 Å². The molecule has 98 valence electrons.